The van der Waals surface area contributed by atoms with E-state index in [4.69, 9.17) is 14.6 Å². The second kappa shape index (κ2) is 7.14. The van der Waals surface area contributed by atoms with Gasteiger partial charge in [-0.25, -0.2) is 9.37 Å². The van der Waals surface area contributed by atoms with Crippen LogP contribution in [0.15, 0.2) is 36.5 Å². The summed E-state index contributed by atoms with van der Waals surface area (Å²) in [5.41, 5.74) is 2.01. The van der Waals surface area contributed by atoms with Gasteiger partial charge in [-0.1, -0.05) is 0 Å². The van der Waals surface area contributed by atoms with Crippen molar-refractivity contribution in [2.24, 2.45) is 0 Å². The molecule has 0 unspecified atom stereocenters. The van der Waals surface area contributed by atoms with Crippen LogP contribution in [0.25, 0.3) is 16.9 Å². The Morgan fingerprint density at radius 3 is 2.85 bits per heavy atom. The number of nitrogens with zero attached hydrogens (tertiary/aromatic N) is 2. The number of ether oxygens (including phenoxy) is 2. The summed E-state index contributed by atoms with van der Waals surface area (Å²) in [6.45, 7) is 1.41. The number of anilines is 1. The fourth-order valence-corrected chi connectivity index (χ4v) is 3.03. The molecular formula is C19H18FN3O4. The Kier molecular flexibility index (Phi) is 4.53. The zero-order valence-corrected chi connectivity index (χ0v) is 14.4. The molecule has 0 saturated carbocycles. The maximum atomic E-state index is 13.8. The van der Waals surface area contributed by atoms with Gasteiger partial charge in [0.15, 0.2) is 11.5 Å². The third kappa shape index (κ3) is 3.51. The van der Waals surface area contributed by atoms with Crippen molar-refractivity contribution in [3.8, 4) is 22.8 Å². The number of benzene rings is 1. The number of aromatic nitrogens is 2. The molecule has 0 amide bonds. The van der Waals surface area contributed by atoms with E-state index in [9.17, 15) is 9.18 Å². The minimum atomic E-state index is -0.854. The molecule has 0 spiro atoms. The molecule has 0 radical (unpaired) electrons. The van der Waals surface area contributed by atoms with Crippen LogP contribution in [-0.4, -0.2) is 40.2 Å². The van der Waals surface area contributed by atoms with Gasteiger partial charge < -0.3 is 19.9 Å². The molecule has 3 aromatic rings. The third-order valence-corrected chi connectivity index (χ3v) is 4.26. The van der Waals surface area contributed by atoms with Crippen LogP contribution in [0.3, 0.4) is 0 Å². The van der Waals surface area contributed by atoms with Crippen molar-refractivity contribution in [2.75, 3.05) is 25.1 Å². The zero-order chi connectivity index (χ0) is 18.8. The lowest BCUT2D eigenvalue weighted by Gasteiger charge is -2.18. The second-order valence-corrected chi connectivity index (χ2v) is 6.17. The Morgan fingerprint density at radius 1 is 1.22 bits per heavy atom. The Balaban J connectivity index is 1.72. The van der Waals surface area contributed by atoms with Crippen LogP contribution in [-0.2, 0) is 4.79 Å². The van der Waals surface area contributed by atoms with Crippen LogP contribution in [0.2, 0.25) is 0 Å². The average molecular weight is 371 g/mol. The molecule has 0 fully saturated rings. The summed E-state index contributed by atoms with van der Waals surface area (Å²) in [4.78, 5) is 15.3. The Morgan fingerprint density at radius 2 is 2.04 bits per heavy atom. The molecule has 8 heteroatoms. The van der Waals surface area contributed by atoms with Crippen LogP contribution >= 0.6 is 0 Å². The molecule has 1 aliphatic rings. The van der Waals surface area contributed by atoms with E-state index < -0.39 is 5.97 Å². The van der Waals surface area contributed by atoms with Crippen molar-refractivity contribution in [1.82, 2.24) is 9.38 Å². The molecule has 2 N–H and O–H groups in total. The molecule has 0 bridgehead atoms. The standard InChI is InChI=1S/C19H18FN3O4/c20-13-4-6-16-22-18(12-3-5-14-15(10-12)27-9-8-26-14)19(23(16)11-13)21-7-1-2-17(24)25/h3-6,10-11,21H,1-2,7-9H2,(H,24,25). The molecule has 0 atom stereocenters. The van der Waals surface area contributed by atoms with Gasteiger partial charge in [-0.2, -0.15) is 0 Å². The molecule has 3 heterocycles. The maximum Gasteiger partial charge on any atom is 0.303 e. The highest BCUT2D eigenvalue weighted by molar-refractivity contribution is 5.78. The van der Waals surface area contributed by atoms with Crippen LogP contribution < -0.4 is 14.8 Å². The van der Waals surface area contributed by atoms with Gasteiger partial charge in [-0.3, -0.25) is 9.20 Å². The summed E-state index contributed by atoms with van der Waals surface area (Å²) in [6.07, 6.45) is 1.85. The fraction of sp³-hybridized carbons (Fsp3) is 0.263. The highest BCUT2D eigenvalue weighted by atomic mass is 19.1. The van der Waals surface area contributed by atoms with Crippen molar-refractivity contribution in [3.05, 3.63) is 42.3 Å². The summed E-state index contributed by atoms with van der Waals surface area (Å²) in [7, 11) is 0. The number of aliphatic carboxylic acids is 1. The lowest BCUT2D eigenvalue weighted by atomic mass is 10.1. The largest absolute Gasteiger partial charge is 0.486 e. The van der Waals surface area contributed by atoms with E-state index in [2.05, 4.69) is 10.3 Å². The SMILES string of the molecule is O=C(O)CCCNc1c(-c2ccc3c(c2)OCCO3)nc2ccc(F)cn12. The number of halogens is 1. The number of carbonyl (C=O) groups is 1. The van der Waals surface area contributed by atoms with Gasteiger partial charge in [0.05, 0.1) is 0 Å². The van der Waals surface area contributed by atoms with Gasteiger partial charge in [0.1, 0.15) is 36.2 Å². The Labute approximate surface area is 154 Å². The van der Waals surface area contributed by atoms with E-state index in [0.717, 1.165) is 5.56 Å². The fourth-order valence-electron chi connectivity index (χ4n) is 3.03. The highest BCUT2D eigenvalue weighted by Gasteiger charge is 2.18. The molecule has 1 aliphatic heterocycles. The quantitative estimate of drug-likeness (QED) is 0.648. The third-order valence-electron chi connectivity index (χ3n) is 4.26. The van der Waals surface area contributed by atoms with E-state index >= 15 is 0 Å². The number of pyridine rings is 1. The predicted molar refractivity (Wildman–Crippen MR) is 96.9 cm³/mol. The maximum absolute atomic E-state index is 13.8. The van der Waals surface area contributed by atoms with Gasteiger partial charge in [-0.05, 0) is 36.8 Å². The Bertz CT molecular complexity index is 1000. The first-order chi connectivity index (χ1) is 13.1. The van der Waals surface area contributed by atoms with Gasteiger partial charge >= 0.3 is 5.97 Å². The first kappa shape index (κ1) is 17.1. The van der Waals surface area contributed by atoms with Gasteiger partial charge in [-0.15, -0.1) is 0 Å². The van der Waals surface area contributed by atoms with Gasteiger partial charge in [0, 0.05) is 24.7 Å². The molecule has 7 nitrogen and oxygen atoms in total. The minimum Gasteiger partial charge on any atom is -0.486 e. The number of carboxylic acid groups (broad SMARTS) is 1. The molecule has 4 rings (SSSR count). The lowest BCUT2D eigenvalue weighted by Crippen LogP contribution is -2.15. The van der Waals surface area contributed by atoms with E-state index in [0.29, 0.717) is 54.8 Å². The number of hydrogen-bond donors (Lipinski definition) is 2. The van der Waals surface area contributed by atoms with Gasteiger partial charge in [0.2, 0.25) is 0 Å². The topological polar surface area (TPSA) is 85.1 Å². The van der Waals surface area contributed by atoms with E-state index in [1.807, 2.05) is 18.2 Å². The summed E-state index contributed by atoms with van der Waals surface area (Å²) in [5.74, 6) is 0.677. The van der Waals surface area contributed by atoms with Crippen LogP contribution in [0.4, 0.5) is 10.2 Å². The van der Waals surface area contributed by atoms with Gasteiger partial charge in [0.25, 0.3) is 0 Å². The Hall–Kier alpha value is -3.29. The number of carboxylic acids is 1. The number of fused-ring (bicyclic) bond motifs is 2. The van der Waals surface area contributed by atoms with Crippen LogP contribution in [0, 0.1) is 5.82 Å². The molecular weight excluding hydrogens is 353 g/mol. The monoisotopic (exact) mass is 371 g/mol. The van der Waals surface area contributed by atoms with Crippen LogP contribution in [0.1, 0.15) is 12.8 Å². The van der Waals surface area contributed by atoms with Crippen molar-refractivity contribution < 1.29 is 23.8 Å². The highest BCUT2D eigenvalue weighted by Crippen LogP contribution is 2.37. The van der Waals surface area contributed by atoms with E-state index in [-0.39, 0.29) is 12.2 Å². The molecule has 27 heavy (non-hydrogen) atoms. The first-order valence-corrected chi connectivity index (χ1v) is 8.65. The smallest absolute Gasteiger partial charge is 0.303 e. The van der Waals surface area contributed by atoms with Crippen molar-refractivity contribution in [2.45, 2.75) is 12.8 Å². The molecule has 1 aromatic carbocycles. The van der Waals surface area contributed by atoms with Crippen molar-refractivity contribution >= 4 is 17.4 Å². The normalized spacial score (nSPS) is 12.9. The lowest BCUT2D eigenvalue weighted by molar-refractivity contribution is -0.137. The van der Waals surface area contributed by atoms with Crippen molar-refractivity contribution in [1.29, 1.82) is 0 Å². The molecule has 2 aromatic heterocycles. The van der Waals surface area contributed by atoms with Crippen LogP contribution in [0.5, 0.6) is 11.5 Å². The number of rotatable bonds is 6. The summed E-state index contributed by atoms with van der Waals surface area (Å²) in [6, 6.07) is 8.48. The summed E-state index contributed by atoms with van der Waals surface area (Å²) in [5, 5.41) is 12.0. The number of imidazole rings is 1. The zero-order valence-electron chi connectivity index (χ0n) is 14.4. The summed E-state index contributed by atoms with van der Waals surface area (Å²) >= 11 is 0. The first-order valence-electron chi connectivity index (χ1n) is 8.65. The average Bonchev–Trinajstić information content (AvgIpc) is 3.02. The summed E-state index contributed by atoms with van der Waals surface area (Å²) < 4.78 is 26.6. The van der Waals surface area contributed by atoms with E-state index in [1.165, 1.54) is 12.3 Å². The molecule has 0 saturated heterocycles. The molecule has 140 valence electrons. The van der Waals surface area contributed by atoms with E-state index in [1.54, 1.807) is 10.5 Å². The molecule has 0 aliphatic carbocycles. The minimum absolute atomic E-state index is 0.0530. The number of nitrogens with one attached hydrogen (secondary N) is 1. The number of hydrogen-bond acceptors (Lipinski definition) is 5. The second-order valence-electron chi connectivity index (χ2n) is 6.17. The van der Waals surface area contributed by atoms with Crippen molar-refractivity contribution in [3.63, 3.8) is 0 Å². The predicted octanol–water partition coefficient (Wildman–Crippen LogP) is 3.19.